The highest BCUT2D eigenvalue weighted by Crippen LogP contribution is 2.32. The number of hydrogen-bond acceptors (Lipinski definition) is 4. The first kappa shape index (κ1) is 18.7. The van der Waals surface area contributed by atoms with E-state index < -0.39 is 0 Å². The van der Waals surface area contributed by atoms with E-state index in [1.807, 2.05) is 18.2 Å². The lowest BCUT2D eigenvalue weighted by molar-refractivity contribution is 0.0332. The average molecular weight is 385 g/mol. The summed E-state index contributed by atoms with van der Waals surface area (Å²) in [6, 6.07) is 12.4. The van der Waals surface area contributed by atoms with Gasteiger partial charge in [-0.15, -0.1) is 11.3 Å². The van der Waals surface area contributed by atoms with Crippen molar-refractivity contribution in [2.45, 2.75) is 32.2 Å². The smallest absolute Gasteiger partial charge is 0.261 e. The van der Waals surface area contributed by atoms with Gasteiger partial charge >= 0.3 is 0 Å². The summed E-state index contributed by atoms with van der Waals surface area (Å²) in [4.78, 5) is 17.7. The third-order valence-electron chi connectivity index (χ3n) is 5.60. The Bertz CT molecular complexity index is 768. The summed E-state index contributed by atoms with van der Waals surface area (Å²) in [5.41, 5.74) is 2.54. The first-order valence-corrected chi connectivity index (χ1v) is 10.8. The summed E-state index contributed by atoms with van der Waals surface area (Å²) in [7, 11) is 0. The third-order valence-corrected chi connectivity index (χ3v) is 6.84. The van der Waals surface area contributed by atoms with Gasteiger partial charge < -0.3 is 10.1 Å². The van der Waals surface area contributed by atoms with Crippen molar-refractivity contribution in [1.29, 1.82) is 0 Å². The van der Waals surface area contributed by atoms with Crippen molar-refractivity contribution in [3.05, 3.63) is 57.3 Å². The number of amides is 1. The summed E-state index contributed by atoms with van der Waals surface area (Å²) < 4.78 is 5.47. The minimum Gasteiger partial charge on any atom is -0.379 e. The van der Waals surface area contributed by atoms with Gasteiger partial charge in [0.2, 0.25) is 0 Å². The predicted molar refractivity (Wildman–Crippen MR) is 109 cm³/mol. The van der Waals surface area contributed by atoms with Crippen LogP contribution in [0.2, 0.25) is 0 Å². The number of carbonyl (C=O) groups excluding carboxylic acids is 1. The maximum absolute atomic E-state index is 13.0. The Morgan fingerprint density at radius 3 is 2.85 bits per heavy atom. The van der Waals surface area contributed by atoms with Gasteiger partial charge in [0.05, 0.1) is 24.1 Å². The molecule has 0 spiro atoms. The molecule has 1 amide bonds. The third kappa shape index (κ3) is 4.60. The molecule has 2 unspecified atom stereocenters. The molecule has 1 aromatic carbocycles. The van der Waals surface area contributed by atoms with E-state index in [0.29, 0.717) is 0 Å². The van der Waals surface area contributed by atoms with Crippen molar-refractivity contribution in [3.8, 4) is 0 Å². The standard InChI is InChI=1S/C22H28N2O2S/c1-16-7-8-20-18(13-16)14-21(27-20)22(25)23-19(17-5-3-2-4-6-17)15-24-9-11-26-12-10-24/h2-6,14,16,19H,7-13,15H2,1H3,(H,23,25). The lowest BCUT2D eigenvalue weighted by Gasteiger charge is -2.31. The molecule has 27 heavy (non-hydrogen) atoms. The van der Waals surface area contributed by atoms with Crippen LogP contribution in [0.1, 0.15) is 45.1 Å². The second-order valence-corrected chi connectivity index (χ2v) is 8.89. The van der Waals surface area contributed by atoms with Crippen LogP contribution < -0.4 is 5.32 Å². The Labute approximate surface area is 165 Å². The lowest BCUT2D eigenvalue weighted by atomic mass is 9.90. The van der Waals surface area contributed by atoms with E-state index in [2.05, 4.69) is 35.3 Å². The van der Waals surface area contributed by atoms with Crippen molar-refractivity contribution >= 4 is 17.2 Å². The summed E-state index contributed by atoms with van der Waals surface area (Å²) in [5.74, 6) is 0.783. The fourth-order valence-electron chi connectivity index (χ4n) is 4.01. The molecule has 0 saturated carbocycles. The molecule has 1 aliphatic heterocycles. The molecule has 2 aliphatic rings. The number of fused-ring (bicyclic) bond motifs is 1. The fraction of sp³-hybridized carbons (Fsp3) is 0.500. The molecule has 1 fully saturated rings. The molecule has 144 valence electrons. The fourth-order valence-corrected chi connectivity index (χ4v) is 5.12. The van der Waals surface area contributed by atoms with E-state index in [0.717, 1.165) is 62.0 Å². The van der Waals surface area contributed by atoms with Crippen LogP contribution in [-0.2, 0) is 17.6 Å². The minimum absolute atomic E-state index is 0.00477. The number of hydrogen-bond donors (Lipinski definition) is 1. The molecule has 4 nitrogen and oxygen atoms in total. The summed E-state index contributed by atoms with van der Waals surface area (Å²) in [6.45, 7) is 6.50. The van der Waals surface area contributed by atoms with Crippen LogP contribution in [0, 0.1) is 5.92 Å². The number of rotatable bonds is 5. The van der Waals surface area contributed by atoms with Gasteiger partial charge in [-0.25, -0.2) is 0 Å². The molecule has 2 aromatic rings. The second kappa shape index (κ2) is 8.55. The van der Waals surface area contributed by atoms with Crippen molar-refractivity contribution in [1.82, 2.24) is 10.2 Å². The molecular formula is C22H28N2O2S. The minimum atomic E-state index is -0.00477. The molecule has 1 N–H and O–H groups in total. The Morgan fingerprint density at radius 1 is 1.30 bits per heavy atom. The Hall–Kier alpha value is -1.69. The van der Waals surface area contributed by atoms with Crippen LogP contribution in [-0.4, -0.2) is 43.7 Å². The number of nitrogens with zero attached hydrogens (tertiary/aromatic N) is 1. The molecule has 1 aliphatic carbocycles. The Balaban J connectivity index is 1.49. The molecule has 5 heteroatoms. The number of benzene rings is 1. The molecule has 1 saturated heterocycles. The van der Waals surface area contributed by atoms with E-state index in [4.69, 9.17) is 4.74 Å². The van der Waals surface area contributed by atoms with Gasteiger partial charge in [-0.1, -0.05) is 37.3 Å². The molecule has 0 bridgehead atoms. The number of thiophene rings is 1. The number of ether oxygens (including phenoxy) is 1. The van der Waals surface area contributed by atoms with Crippen molar-refractivity contribution in [2.75, 3.05) is 32.8 Å². The zero-order valence-electron chi connectivity index (χ0n) is 15.9. The first-order chi connectivity index (χ1) is 13.2. The lowest BCUT2D eigenvalue weighted by Crippen LogP contribution is -2.43. The van der Waals surface area contributed by atoms with Gasteiger partial charge in [0.25, 0.3) is 5.91 Å². The highest BCUT2D eigenvalue weighted by atomic mass is 32.1. The molecule has 0 radical (unpaired) electrons. The zero-order chi connectivity index (χ0) is 18.6. The highest BCUT2D eigenvalue weighted by Gasteiger charge is 2.24. The topological polar surface area (TPSA) is 41.6 Å². The summed E-state index contributed by atoms with van der Waals surface area (Å²) >= 11 is 1.68. The van der Waals surface area contributed by atoms with Gasteiger partial charge in [-0.3, -0.25) is 9.69 Å². The van der Waals surface area contributed by atoms with E-state index in [9.17, 15) is 4.79 Å². The number of nitrogens with one attached hydrogen (secondary N) is 1. The van der Waals surface area contributed by atoms with E-state index in [1.54, 1.807) is 11.3 Å². The number of carbonyl (C=O) groups is 1. The largest absolute Gasteiger partial charge is 0.379 e. The van der Waals surface area contributed by atoms with Gasteiger partial charge in [0.15, 0.2) is 0 Å². The molecular weight excluding hydrogens is 356 g/mol. The molecule has 2 atom stereocenters. The van der Waals surface area contributed by atoms with Crippen LogP contribution in [0.25, 0.3) is 0 Å². The van der Waals surface area contributed by atoms with Crippen molar-refractivity contribution in [2.24, 2.45) is 5.92 Å². The SMILES string of the molecule is CC1CCc2sc(C(=O)NC(CN3CCOCC3)c3ccccc3)cc2C1. The number of morpholine rings is 1. The quantitative estimate of drug-likeness (QED) is 0.855. The van der Waals surface area contributed by atoms with Crippen molar-refractivity contribution < 1.29 is 9.53 Å². The van der Waals surface area contributed by atoms with Gasteiger partial charge in [-0.05, 0) is 42.4 Å². The average Bonchev–Trinajstić information content (AvgIpc) is 3.12. The van der Waals surface area contributed by atoms with Crippen molar-refractivity contribution in [3.63, 3.8) is 0 Å². The van der Waals surface area contributed by atoms with Crippen LogP contribution in [0.3, 0.4) is 0 Å². The van der Waals surface area contributed by atoms with Gasteiger partial charge in [0.1, 0.15) is 0 Å². The Kier molecular flexibility index (Phi) is 5.91. The highest BCUT2D eigenvalue weighted by molar-refractivity contribution is 7.14. The predicted octanol–water partition coefficient (Wildman–Crippen LogP) is 3.68. The van der Waals surface area contributed by atoms with E-state index in [1.165, 1.54) is 16.9 Å². The summed E-state index contributed by atoms with van der Waals surface area (Å²) in [6.07, 6.45) is 3.46. The van der Waals surface area contributed by atoms with Crippen LogP contribution in [0.5, 0.6) is 0 Å². The second-order valence-electron chi connectivity index (χ2n) is 7.76. The van der Waals surface area contributed by atoms with Gasteiger partial charge in [0, 0.05) is 24.5 Å². The number of aryl methyl sites for hydroxylation is 1. The summed E-state index contributed by atoms with van der Waals surface area (Å²) in [5, 5.41) is 3.31. The first-order valence-electron chi connectivity index (χ1n) is 9.96. The maximum Gasteiger partial charge on any atom is 0.261 e. The zero-order valence-corrected chi connectivity index (χ0v) is 16.8. The molecule has 1 aromatic heterocycles. The van der Waals surface area contributed by atoms with Crippen LogP contribution in [0.4, 0.5) is 0 Å². The van der Waals surface area contributed by atoms with E-state index in [-0.39, 0.29) is 11.9 Å². The Morgan fingerprint density at radius 2 is 2.07 bits per heavy atom. The van der Waals surface area contributed by atoms with Crippen LogP contribution >= 0.6 is 11.3 Å². The monoisotopic (exact) mass is 384 g/mol. The van der Waals surface area contributed by atoms with Crippen LogP contribution in [0.15, 0.2) is 36.4 Å². The normalized spacial score (nSPS) is 21.4. The maximum atomic E-state index is 13.0. The molecule has 4 rings (SSSR count). The van der Waals surface area contributed by atoms with Gasteiger partial charge in [-0.2, -0.15) is 0 Å². The van der Waals surface area contributed by atoms with E-state index >= 15 is 0 Å². The molecule has 2 heterocycles.